The van der Waals surface area contributed by atoms with E-state index in [1.807, 2.05) is 54.7 Å². The third kappa shape index (κ3) is 2.47. The van der Waals surface area contributed by atoms with Gasteiger partial charge in [-0.2, -0.15) is 5.10 Å². The van der Waals surface area contributed by atoms with E-state index < -0.39 is 0 Å². The highest BCUT2D eigenvalue weighted by atomic mass is 79.9. The summed E-state index contributed by atoms with van der Waals surface area (Å²) in [6, 6.07) is 17.8. The number of halogens is 1. The summed E-state index contributed by atoms with van der Waals surface area (Å²) in [5, 5.41) is 7.47. The third-order valence-electron chi connectivity index (χ3n) is 4.10. The molecule has 4 rings (SSSR count). The van der Waals surface area contributed by atoms with Gasteiger partial charge in [0, 0.05) is 22.4 Å². The minimum Gasteiger partial charge on any atom is -0.310 e. The molecule has 0 unspecified atom stereocenters. The fraction of sp³-hybridized carbons (Fsp3) is 0.111. The molecule has 1 aromatic heterocycles. The van der Waals surface area contributed by atoms with Gasteiger partial charge in [-0.3, -0.25) is 4.79 Å². The molecule has 2 heterocycles. The molecule has 1 amide bonds. The van der Waals surface area contributed by atoms with Gasteiger partial charge in [0.25, 0.3) is 0 Å². The molecule has 0 aliphatic carbocycles. The van der Waals surface area contributed by atoms with Crippen molar-refractivity contribution in [2.45, 2.75) is 12.3 Å². The number of nitrogens with one attached hydrogen (secondary N) is 1. The maximum Gasteiger partial charge on any atom is 0.226 e. The third-order valence-corrected chi connectivity index (χ3v) is 4.82. The summed E-state index contributed by atoms with van der Waals surface area (Å²) in [6.45, 7) is 0. The van der Waals surface area contributed by atoms with Crippen molar-refractivity contribution < 1.29 is 4.79 Å². The van der Waals surface area contributed by atoms with Crippen LogP contribution in [0.5, 0.6) is 0 Å². The van der Waals surface area contributed by atoms with Crippen molar-refractivity contribution in [3.05, 3.63) is 76.4 Å². The number of anilines is 1. The number of rotatable bonds is 2. The average Bonchev–Trinajstić information content (AvgIpc) is 2.99. The second kappa shape index (κ2) is 5.66. The van der Waals surface area contributed by atoms with Gasteiger partial charge >= 0.3 is 0 Å². The Morgan fingerprint density at radius 1 is 1.04 bits per heavy atom. The summed E-state index contributed by atoms with van der Waals surface area (Å²) in [4.78, 5) is 12.2. The summed E-state index contributed by atoms with van der Waals surface area (Å²) in [5.74, 6) is 0.774. The molecule has 5 heteroatoms. The predicted octanol–water partition coefficient (Wildman–Crippen LogP) is 4.11. The molecule has 0 saturated heterocycles. The number of amides is 1. The first-order valence-corrected chi connectivity index (χ1v) is 8.21. The van der Waals surface area contributed by atoms with Gasteiger partial charge in [0.05, 0.1) is 11.9 Å². The first kappa shape index (κ1) is 14.2. The van der Waals surface area contributed by atoms with E-state index in [1.54, 1.807) is 4.68 Å². The van der Waals surface area contributed by atoms with Crippen molar-refractivity contribution in [1.82, 2.24) is 9.78 Å². The van der Waals surface area contributed by atoms with Gasteiger partial charge in [-0.05, 0) is 23.8 Å². The van der Waals surface area contributed by atoms with Gasteiger partial charge in [0.1, 0.15) is 5.82 Å². The highest BCUT2D eigenvalue weighted by Gasteiger charge is 2.31. The molecule has 1 aliphatic rings. The fourth-order valence-corrected chi connectivity index (χ4v) is 3.58. The number of aromatic nitrogens is 2. The Morgan fingerprint density at radius 3 is 2.57 bits per heavy atom. The van der Waals surface area contributed by atoms with Gasteiger partial charge in [0.15, 0.2) is 0 Å². The highest BCUT2D eigenvalue weighted by molar-refractivity contribution is 9.10. The molecule has 114 valence electrons. The first-order valence-electron chi connectivity index (χ1n) is 7.41. The number of benzene rings is 2. The van der Waals surface area contributed by atoms with Crippen molar-refractivity contribution in [1.29, 1.82) is 0 Å². The molecule has 4 nitrogen and oxygen atoms in total. The van der Waals surface area contributed by atoms with Crippen molar-refractivity contribution in [3.8, 4) is 5.69 Å². The predicted molar refractivity (Wildman–Crippen MR) is 92.8 cm³/mol. The SMILES string of the molecule is O=C1C[C@H](c2ccccc2Br)c2cnn(-c3ccccc3)c2N1. The van der Waals surface area contributed by atoms with E-state index in [1.165, 1.54) is 0 Å². The van der Waals surface area contributed by atoms with Gasteiger partial charge in [-0.25, -0.2) is 4.68 Å². The van der Waals surface area contributed by atoms with Crippen LogP contribution in [0.4, 0.5) is 5.82 Å². The van der Waals surface area contributed by atoms with Crippen molar-refractivity contribution in [2.24, 2.45) is 0 Å². The number of carbonyl (C=O) groups excluding carboxylic acids is 1. The van der Waals surface area contributed by atoms with Crippen LogP contribution in [0.25, 0.3) is 5.69 Å². The lowest BCUT2D eigenvalue weighted by Crippen LogP contribution is -2.24. The summed E-state index contributed by atoms with van der Waals surface area (Å²) >= 11 is 3.60. The summed E-state index contributed by atoms with van der Waals surface area (Å²) in [7, 11) is 0. The van der Waals surface area contributed by atoms with Crippen LogP contribution in [-0.4, -0.2) is 15.7 Å². The maximum atomic E-state index is 12.2. The molecule has 2 aromatic carbocycles. The lowest BCUT2D eigenvalue weighted by atomic mass is 9.87. The average molecular weight is 368 g/mol. The molecule has 0 spiro atoms. The number of hydrogen-bond donors (Lipinski definition) is 1. The van der Waals surface area contributed by atoms with Gasteiger partial charge in [-0.1, -0.05) is 52.3 Å². The maximum absolute atomic E-state index is 12.2. The zero-order valence-corrected chi connectivity index (χ0v) is 13.8. The molecule has 0 fully saturated rings. The number of para-hydroxylation sites is 1. The Kier molecular flexibility index (Phi) is 3.50. The van der Waals surface area contributed by atoms with Crippen LogP contribution in [0.2, 0.25) is 0 Å². The van der Waals surface area contributed by atoms with Crippen LogP contribution in [0.3, 0.4) is 0 Å². The second-order valence-corrected chi connectivity index (χ2v) is 6.38. The Bertz CT molecular complexity index is 873. The quantitative estimate of drug-likeness (QED) is 0.740. The molecule has 0 bridgehead atoms. The van der Waals surface area contributed by atoms with E-state index >= 15 is 0 Å². The molecule has 1 aliphatic heterocycles. The molecule has 23 heavy (non-hydrogen) atoms. The van der Waals surface area contributed by atoms with Gasteiger partial charge in [0.2, 0.25) is 5.91 Å². The highest BCUT2D eigenvalue weighted by Crippen LogP contribution is 2.40. The van der Waals surface area contributed by atoms with Crippen LogP contribution < -0.4 is 5.32 Å². The molecular formula is C18H14BrN3O. The Balaban J connectivity index is 1.85. The molecule has 1 atom stereocenters. The lowest BCUT2D eigenvalue weighted by molar-refractivity contribution is -0.116. The molecule has 1 N–H and O–H groups in total. The van der Waals surface area contributed by atoms with Crippen LogP contribution in [-0.2, 0) is 4.79 Å². The topological polar surface area (TPSA) is 46.9 Å². The van der Waals surface area contributed by atoms with Crippen LogP contribution in [0.1, 0.15) is 23.5 Å². The lowest BCUT2D eigenvalue weighted by Gasteiger charge is -2.24. The molecular weight excluding hydrogens is 354 g/mol. The zero-order chi connectivity index (χ0) is 15.8. The number of nitrogens with zero attached hydrogens (tertiary/aromatic N) is 2. The normalized spacial score (nSPS) is 16.7. The zero-order valence-electron chi connectivity index (χ0n) is 12.2. The van der Waals surface area contributed by atoms with Crippen LogP contribution >= 0.6 is 15.9 Å². The second-order valence-electron chi connectivity index (χ2n) is 5.52. The molecule has 0 saturated carbocycles. The van der Waals surface area contributed by atoms with E-state index in [-0.39, 0.29) is 11.8 Å². The van der Waals surface area contributed by atoms with Gasteiger partial charge < -0.3 is 5.32 Å². The Hall–Kier alpha value is -2.40. The van der Waals surface area contributed by atoms with Crippen molar-refractivity contribution >= 4 is 27.7 Å². The smallest absolute Gasteiger partial charge is 0.226 e. The first-order chi connectivity index (χ1) is 11.2. The molecule has 3 aromatic rings. The molecule has 0 radical (unpaired) electrons. The van der Waals surface area contributed by atoms with E-state index in [0.29, 0.717) is 6.42 Å². The Labute approximate surface area is 142 Å². The van der Waals surface area contributed by atoms with E-state index in [4.69, 9.17) is 0 Å². The number of fused-ring (bicyclic) bond motifs is 1. The van der Waals surface area contributed by atoms with Gasteiger partial charge in [-0.15, -0.1) is 0 Å². The summed E-state index contributed by atoms with van der Waals surface area (Å²) in [5.41, 5.74) is 3.08. The Morgan fingerprint density at radius 2 is 1.78 bits per heavy atom. The van der Waals surface area contributed by atoms with Crippen LogP contribution in [0.15, 0.2) is 65.3 Å². The van der Waals surface area contributed by atoms with E-state index in [0.717, 1.165) is 27.1 Å². The summed E-state index contributed by atoms with van der Waals surface area (Å²) in [6.07, 6.45) is 2.28. The van der Waals surface area contributed by atoms with Crippen molar-refractivity contribution in [2.75, 3.05) is 5.32 Å². The number of carbonyl (C=O) groups is 1. The van der Waals surface area contributed by atoms with E-state index in [2.05, 4.69) is 32.4 Å². The monoisotopic (exact) mass is 367 g/mol. The minimum absolute atomic E-state index is 0.00628. The fourth-order valence-electron chi connectivity index (χ4n) is 3.02. The van der Waals surface area contributed by atoms with E-state index in [9.17, 15) is 4.79 Å². The summed E-state index contributed by atoms with van der Waals surface area (Å²) < 4.78 is 2.80. The minimum atomic E-state index is 0.00628. The standard InChI is InChI=1S/C18H14BrN3O/c19-16-9-5-4-8-13(16)14-10-17(23)21-18-15(14)11-20-22(18)12-6-2-1-3-7-12/h1-9,11,14H,10H2,(H,21,23)/t14-/m1/s1. The van der Waals surface area contributed by atoms with Crippen LogP contribution in [0, 0.1) is 0 Å². The van der Waals surface area contributed by atoms with Crippen molar-refractivity contribution in [3.63, 3.8) is 0 Å². The largest absolute Gasteiger partial charge is 0.310 e. The number of hydrogen-bond acceptors (Lipinski definition) is 2.